The quantitative estimate of drug-likeness (QED) is 0.326. The van der Waals surface area contributed by atoms with Gasteiger partial charge in [0.2, 0.25) is 0 Å². The Balaban J connectivity index is 2.52. The highest BCUT2D eigenvalue weighted by Crippen LogP contribution is 2.16. The van der Waals surface area contributed by atoms with Crippen LogP contribution >= 0.6 is 12.6 Å². The number of aliphatic hydroxyl groups is 3. The van der Waals surface area contributed by atoms with Crippen LogP contribution in [0.25, 0.3) is 0 Å². The molecule has 0 unspecified atom stereocenters. The van der Waals surface area contributed by atoms with Gasteiger partial charge < -0.3 is 20.1 Å². The van der Waals surface area contributed by atoms with Gasteiger partial charge in [-0.05, 0) is 0 Å². The molecule has 1 saturated heterocycles. The van der Waals surface area contributed by atoms with Crippen LogP contribution in [0.15, 0.2) is 0 Å². The van der Waals surface area contributed by atoms with Gasteiger partial charge in [0, 0.05) is 0 Å². The Morgan fingerprint density at radius 1 is 1.20 bits per heavy atom. The first-order valence-corrected chi connectivity index (χ1v) is 3.48. The molecule has 1 aliphatic heterocycles. The summed E-state index contributed by atoms with van der Waals surface area (Å²) >= 11 is 3.91. The maximum absolute atomic E-state index is 9.05. The van der Waals surface area contributed by atoms with Gasteiger partial charge in [-0.15, -0.1) is 0 Å². The molecule has 0 radical (unpaired) electrons. The fourth-order valence-electron chi connectivity index (χ4n) is 0.791. The third kappa shape index (κ3) is 1.43. The highest BCUT2D eigenvalue weighted by Gasteiger charge is 2.35. The summed E-state index contributed by atoms with van der Waals surface area (Å²) in [7, 11) is 0. The van der Waals surface area contributed by atoms with E-state index in [0.717, 1.165) is 0 Å². The minimum Gasteiger partial charge on any atom is -0.389 e. The van der Waals surface area contributed by atoms with Crippen LogP contribution in [0.4, 0.5) is 0 Å². The first-order chi connectivity index (χ1) is 4.63. The van der Waals surface area contributed by atoms with Gasteiger partial charge in [0.1, 0.15) is 6.10 Å². The van der Waals surface area contributed by atoms with Gasteiger partial charge in [-0.25, -0.2) is 0 Å². The molecule has 3 N–H and O–H groups in total. The van der Waals surface area contributed by atoms with Gasteiger partial charge in [0.05, 0.1) is 18.0 Å². The van der Waals surface area contributed by atoms with Crippen LogP contribution in [0.5, 0.6) is 0 Å². The number of aliphatic hydroxyl groups excluding tert-OH is 3. The summed E-state index contributed by atoms with van der Waals surface area (Å²) in [6, 6.07) is 0. The first-order valence-electron chi connectivity index (χ1n) is 2.97. The molecule has 10 heavy (non-hydrogen) atoms. The molecule has 1 aliphatic rings. The largest absolute Gasteiger partial charge is 0.389 e. The Labute approximate surface area is 63.8 Å². The van der Waals surface area contributed by atoms with Crippen molar-refractivity contribution < 1.29 is 20.1 Å². The Hall–Kier alpha value is 0.190. The highest BCUT2D eigenvalue weighted by atomic mass is 32.1. The van der Waals surface area contributed by atoms with Crippen molar-refractivity contribution in [3.63, 3.8) is 0 Å². The van der Waals surface area contributed by atoms with Crippen molar-refractivity contribution in [2.75, 3.05) is 6.61 Å². The summed E-state index contributed by atoms with van der Waals surface area (Å²) in [6.07, 6.45) is -3.53. The van der Waals surface area contributed by atoms with Gasteiger partial charge >= 0.3 is 0 Å². The maximum Gasteiger partial charge on any atom is 0.183 e. The average Bonchev–Trinajstić information content (AvgIpc) is 1.93. The maximum atomic E-state index is 9.05. The lowest BCUT2D eigenvalue weighted by Crippen LogP contribution is -2.50. The molecule has 0 aromatic heterocycles. The van der Waals surface area contributed by atoms with Crippen molar-refractivity contribution in [1.82, 2.24) is 0 Å². The van der Waals surface area contributed by atoms with Crippen molar-refractivity contribution >= 4 is 12.6 Å². The van der Waals surface area contributed by atoms with Crippen molar-refractivity contribution in [3.8, 4) is 0 Å². The second-order valence-corrected chi connectivity index (χ2v) is 2.94. The van der Waals surface area contributed by atoms with E-state index in [9.17, 15) is 0 Å². The monoisotopic (exact) mass is 166 g/mol. The van der Waals surface area contributed by atoms with E-state index in [1.165, 1.54) is 0 Å². The molecule has 0 bridgehead atoms. The van der Waals surface area contributed by atoms with E-state index in [1.807, 2.05) is 0 Å². The molecule has 0 aromatic rings. The molecule has 5 heteroatoms. The van der Waals surface area contributed by atoms with E-state index < -0.39 is 23.7 Å². The van der Waals surface area contributed by atoms with E-state index in [-0.39, 0.29) is 6.61 Å². The van der Waals surface area contributed by atoms with Crippen LogP contribution in [0.1, 0.15) is 0 Å². The summed E-state index contributed by atoms with van der Waals surface area (Å²) in [5.41, 5.74) is 0. The highest BCUT2D eigenvalue weighted by molar-refractivity contribution is 7.81. The molecule has 0 aromatic carbocycles. The number of hydrogen-bond acceptors (Lipinski definition) is 5. The third-order valence-corrected chi connectivity index (χ3v) is 1.93. The summed E-state index contributed by atoms with van der Waals surface area (Å²) in [5, 5.41) is 26.4. The predicted molar refractivity (Wildman–Crippen MR) is 36.7 cm³/mol. The Kier molecular flexibility index (Phi) is 2.54. The van der Waals surface area contributed by atoms with E-state index in [2.05, 4.69) is 17.4 Å². The van der Waals surface area contributed by atoms with Crippen LogP contribution in [0.2, 0.25) is 0 Å². The Bertz CT molecular complexity index is 106. The van der Waals surface area contributed by atoms with Gasteiger partial charge in [-0.1, -0.05) is 0 Å². The predicted octanol–water partition coefficient (Wildman–Crippen LogP) is -1.64. The lowest BCUT2D eigenvalue weighted by atomic mass is 10.1. The molecule has 0 amide bonds. The van der Waals surface area contributed by atoms with E-state index in [1.54, 1.807) is 0 Å². The van der Waals surface area contributed by atoms with Crippen LogP contribution in [-0.2, 0) is 4.74 Å². The van der Waals surface area contributed by atoms with Gasteiger partial charge in [0.15, 0.2) is 6.29 Å². The number of thiol groups is 1. The van der Waals surface area contributed by atoms with Gasteiger partial charge in [0.25, 0.3) is 0 Å². The SMILES string of the molecule is O[C@@H]1[C@@H](O)[C@H](O)OC[C@H]1S. The normalized spacial score (nSPS) is 49.2. The van der Waals surface area contributed by atoms with E-state index in [4.69, 9.17) is 15.3 Å². The smallest absolute Gasteiger partial charge is 0.183 e. The summed E-state index contributed by atoms with van der Waals surface area (Å²) in [6.45, 7) is 0.155. The lowest BCUT2D eigenvalue weighted by molar-refractivity contribution is -0.216. The molecule has 1 heterocycles. The zero-order chi connectivity index (χ0) is 7.72. The molecule has 0 spiro atoms. The molecular formula is C5H10O4S. The summed E-state index contributed by atoms with van der Waals surface area (Å²) in [4.78, 5) is 0. The van der Waals surface area contributed by atoms with E-state index in [0.29, 0.717) is 0 Å². The molecule has 4 atom stereocenters. The summed E-state index contributed by atoms with van der Waals surface area (Å²) in [5.74, 6) is 0. The average molecular weight is 166 g/mol. The zero-order valence-electron chi connectivity index (χ0n) is 5.21. The number of ether oxygens (including phenoxy) is 1. The lowest BCUT2D eigenvalue weighted by Gasteiger charge is -2.32. The fraction of sp³-hybridized carbons (Fsp3) is 1.00. The van der Waals surface area contributed by atoms with Crippen molar-refractivity contribution in [2.24, 2.45) is 0 Å². The molecule has 1 fully saturated rings. The third-order valence-electron chi connectivity index (χ3n) is 1.47. The number of rotatable bonds is 0. The minimum atomic E-state index is -1.28. The molecule has 0 saturated carbocycles. The van der Waals surface area contributed by atoms with Gasteiger partial charge in [-0.3, -0.25) is 0 Å². The molecular weight excluding hydrogens is 156 g/mol. The van der Waals surface area contributed by atoms with Gasteiger partial charge in [-0.2, -0.15) is 12.6 Å². The van der Waals surface area contributed by atoms with E-state index >= 15 is 0 Å². The van der Waals surface area contributed by atoms with Crippen molar-refractivity contribution in [1.29, 1.82) is 0 Å². The molecule has 60 valence electrons. The van der Waals surface area contributed by atoms with Crippen LogP contribution in [0, 0.1) is 0 Å². The second kappa shape index (κ2) is 3.06. The van der Waals surface area contributed by atoms with Crippen molar-refractivity contribution in [2.45, 2.75) is 23.7 Å². The molecule has 0 aliphatic carbocycles. The van der Waals surface area contributed by atoms with Crippen LogP contribution in [0.3, 0.4) is 0 Å². The summed E-state index contributed by atoms with van der Waals surface area (Å²) < 4.78 is 4.64. The molecule has 4 nitrogen and oxygen atoms in total. The molecule has 1 rings (SSSR count). The first kappa shape index (κ1) is 8.29. The van der Waals surface area contributed by atoms with Crippen LogP contribution < -0.4 is 0 Å². The topological polar surface area (TPSA) is 69.9 Å². The number of hydrogen-bond donors (Lipinski definition) is 4. The minimum absolute atomic E-state index is 0.155. The fourth-order valence-corrected chi connectivity index (χ4v) is 1.05. The standard InChI is InChI=1S/C5H10O4S/c6-3-2(10)1-9-5(8)4(3)7/h2-8,10H,1H2/t2-,3+,4-,5-/m1/s1. The van der Waals surface area contributed by atoms with Crippen molar-refractivity contribution in [3.05, 3.63) is 0 Å². The Morgan fingerprint density at radius 2 is 1.80 bits per heavy atom. The zero-order valence-corrected chi connectivity index (χ0v) is 6.11. The Morgan fingerprint density at radius 3 is 2.30 bits per heavy atom. The second-order valence-electron chi connectivity index (χ2n) is 2.27. The van der Waals surface area contributed by atoms with Crippen LogP contribution in [-0.4, -0.2) is 45.7 Å².